The van der Waals surface area contributed by atoms with Gasteiger partial charge in [-0.3, -0.25) is 24.5 Å². The monoisotopic (exact) mass is 296 g/mol. The molecule has 0 fully saturated rings. The van der Waals surface area contributed by atoms with Crippen molar-refractivity contribution in [1.29, 1.82) is 0 Å². The van der Waals surface area contributed by atoms with Gasteiger partial charge >= 0.3 is 0 Å². The van der Waals surface area contributed by atoms with Gasteiger partial charge in [-0.15, -0.1) is 0 Å². The largest absolute Gasteiger partial charge is 0.288 e. The first kappa shape index (κ1) is 13.9. The molecule has 2 aliphatic rings. The molecule has 2 heterocycles. The number of anilines is 1. The molecule has 22 heavy (non-hydrogen) atoms. The third kappa shape index (κ3) is 1.96. The summed E-state index contributed by atoms with van der Waals surface area (Å²) >= 11 is 0. The molecule has 0 radical (unpaired) electrons. The van der Waals surface area contributed by atoms with Gasteiger partial charge in [0.1, 0.15) is 0 Å². The lowest BCUT2D eigenvalue weighted by Crippen LogP contribution is -2.29. The van der Waals surface area contributed by atoms with Gasteiger partial charge in [-0.2, -0.15) is 0 Å². The third-order valence-electron chi connectivity index (χ3n) is 3.73. The molecule has 0 spiro atoms. The lowest BCUT2D eigenvalue weighted by molar-refractivity contribution is -0.124. The first-order valence-electron chi connectivity index (χ1n) is 6.64. The number of imide groups is 2. The standard InChI is InChI=1S/C16H12N2O4/c1-8-3-4-10(18-12(19)5-6-13(18)20)7-11(8)14-9(2)15(21)17-16(14)22/h3-7H,1-2H3,(H,17,21,22). The molecule has 0 saturated heterocycles. The van der Waals surface area contributed by atoms with E-state index in [9.17, 15) is 19.2 Å². The van der Waals surface area contributed by atoms with Crippen LogP contribution >= 0.6 is 0 Å². The van der Waals surface area contributed by atoms with Crippen molar-refractivity contribution in [3.05, 3.63) is 47.1 Å². The molecule has 0 bridgehead atoms. The Morgan fingerprint density at radius 3 is 2.09 bits per heavy atom. The van der Waals surface area contributed by atoms with Crippen LogP contribution in [0.2, 0.25) is 0 Å². The van der Waals surface area contributed by atoms with E-state index in [1.165, 1.54) is 12.2 Å². The van der Waals surface area contributed by atoms with Crippen LogP contribution < -0.4 is 10.2 Å². The number of hydrogen-bond acceptors (Lipinski definition) is 4. The van der Waals surface area contributed by atoms with Gasteiger partial charge in [0.05, 0.1) is 11.3 Å². The van der Waals surface area contributed by atoms with Crippen molar-refractivity contribution in [2.24, 2.45) is 0 Å². The van der Waals surface area contributed by atoms with Crippen molar-refractivity contribution in [2.45, 2.75) is 13.8 Å². The third-order valence-corrected chi connectivity index (χ3v) is 3.73. The zero-order valence-electron chi connectivity index (χ0n) is 12.0. The summed E-state index contributed by atoms with van der Waals surface area (Å²) in [7, 11) is 0. The van der Waals surface area contributed by atoms with Crippen molar-refractivity contribution >= 4 is 34.9 Å². The predicted octanol–water partition coefficient (Wildman–Crippen LogP) is 0.854. The molecule has 6 nitrogen and oxygen atoms in total. The van der Waals surface area contributed by atoms with Crippen LogP contribution in [-0.4, -0.2) is 23.6 Å². The number of amides is 4. The van der Waals surface area contributed by atoms with E-state index in [1.807, 2.05) is 0 Å². The van der Waals surface area contributed by atoms with Crippen LogP contribution in [0.4, 0.5) is 5.69 Å². The van der Waals surface area contributed by atoms with Crippen LogP contribution in [0.5, 0.6) is 0 Å². The average Bonchev–Trinajstić information content (AvgIpc) is 2.92. The molecule has 3 rings (SSSR count). The van der Waals surface area contributed by atoms with E-state index in [-0.39, 0.29) is 5.57 Å². The van der Waals surface area contributed by atoms with E-state index < -0.39 is 23.6 Å². The van der Waals surface area contributed by atoms with E-state index in [1.54, 1.807) is 32.0 Å². The predicted molar refractivity (Wildman–Crippen MR) is 78.6 cm³/mol. The highest BCUT2D eigenvalue weighted by Crippen LogP contribution is 2.30. The second-order valence-corrected chi connectivity index (χ2v) is 5.13. The zero-order valence-corrected chi connectivity index (χ0v) is 12.0. The average molecular weight is 296 g/mol. The molecule has 1 aromatic rings. The van der Waals surface area contributed by atoms with Crippen LogP contribution in [-0.2, 0) is 19.2 Å². The molecular formula is C16H12N2O4. The maximum absolute atomic E-state index is 12.0. The number of carbonyl (C=O) groups excluding carboxylic acids is 4. The Morgan fingerprint density at radius 1 is 0.909 bits per heavy atom. The number of carbonyl (C=O) groups is 4. The molecule has 0 unspecified atom stereocenters. The molecule has 0 aliphatic carbocycles. The Balaban J connectivity index is 2.13. The Kier molecular flexibility index (Phi) is 3.02. The number of nitrogens with one attached hydrogen (secondary N) is 1. The molecule has 0 saturated carbocycles. The summed E-state index contributed by atoms with van der Waals surface area (Å²) in [6, 6.07) is 4.92. The topological polar surface area (TPSA) is 83.6 Å². The maximum Gasteiger partial charge on any atom is 0.259 e. The van der Waals surface area contributed by atoms with Crippen molar-refractivity contribution in [3.63, 3.8) is 0 Å². The number of nitrogens with zero attached hydrogens (tertiary/aromatic N) is 1. The van der Waals surface area contributed by atoms with E-state index in [4.69, 9.17) is 0 Å². The molecular weight excluding hydrogens is 284 g/mol. The van der Waals surface area contributed by atoms with Crippen LogP contribution in [0.1, 0.15) is 18.1 Å². The minimum Gasteiger partial charge on any atom is -0.288 e. The minimum atomic E-state index is -0.472. The second-order valence-electron chi connectivity index (χ2n) is 5.13. The molecule has 0 atom stereocenters. The summed E-state index contributed by atoms with van der Waals surface area (Å²) in [6.45, 7) is 3.36. The van der Waals surface area contributed by atoms with Crippen LogP contribution in [0.15, 0.2) is 35.9 Å². The second kappa shape index (κ2) is 4.77. The molecule has 4 amide bonds. The molecule has 1 aromatic carbocycles. The number of hydrogen-bond donors (Lipinski definition) is 1. The fourth-order valence-electron chi connectivity index (χ4n) is 2.54. The molecule has 6 heteroatoms. The lowest BCUT2D eigenvalue weighted by Gasteiger charge is -2.16. The van der Waals surface area contributed by atoms with E-state index in [2.05, 4.69) is 5.32 Å². The zero-order chi connectivity index (χ0) is 16.0. The number of aryl methyl sites for hydroxylation is 1. The minimum absolute atomic E-state index is 0.274. The fourth-order valence-corrected chi connectivity index (χ4v) is 2.54. The molecule has 2 aliphatic heterocycles. The SMILES string of the molecule is CC1=C(c2cc(N3C(=O)C=CC3=O)ccc2C)C(=O)NC1=O. The molecule has 1 N–H and O–H groups in total. The summed E-state index contributed by atoms with van der Waals surface area (Å²) in [5, 5.41) is 2.24. The first-order chi connectivity index (χ1) is 10.4. The summed E-state index contributed by atoms with van der Waals surface area (Å²) in [4.78, 5) is 48.1. The van der Waals surface area contributed by atoms with Crippen LogP contribution in [0, 0.1) is 6.92 Å². The Hall–Kier alpha value is -3.02. The van der Waals surface area contributed by atoms with Crippen LogP contribution in [0.25, 0.3) is 5.57 Å². The van der Waals surface area contributed by atoms with E-state index in [0.717, 1.165) is 10.5 Å². The number of rotatable bonds is 2. The molecule has 110 valence electrons. The van der Waals surface area contributed by atoms with Gasteiger partial charge < -0.3 is 0 Å². The van der Waals surface area contributed by atoms with E-state index >= 15 is 0 Å². The highest BCUT2D eigenvalue weighted by Gasteiger charge is 2.31. The van der Waals surface area contributed by atoms with Crippen molar-refractivity contribution in [1.82, 2.24) is 5.32 Å². The fraction of sp³-hybridized carbons (Fsp3) is 0.125. The lowest BCUT2D eigenvalue weighted by atomic mass is 9.97. The Bertz CT molecular complexity index is 799. The van der Waals surface area contributed by atoms with Gasteiger partial charge in [0.2, 0.25) is 0 Å². The summed E-state index contributed by atoms with van der Waals surface area (Å²) < 4.78 is 0. The van der Waals surface area contributed by atoms with Crippen molar-refractivity contribution in [2.75, 3.05) is 4.90 Å². The van der Waals surface area contributed by atoms with Gasteiger partial charge in [0.25, 0.3) is 23.6 Å². The quantitative estimate of drug-likeness (QED) is 0.820. The van der Waals surface area contributed by atoms with Gasteiger partial charge in [0.15, 0.2) is 0 Å². The van der Waals surface area contributed by atoms with Gasteiger partial charge in [-0.05, 0) is 37.1 Å². The van der Waals surface area contributed by atoms with Gasteiger partial charge in [0, 0.05) is 17.7 Å². The van der Waals surface area contributed by atoms with Gasteiger partial charge in [-0.25, -0.2) is 4.90 Å². The normalized spacial score (nSPS) is 17.8. The van der Waals surface area contributed by atoms with Gasteiger partial charge in [-0.1, -0.05) is 6.07 Å². The van der Waals surface area contributed by atoms with Crippen molar-refractivity contribution < 1.29 is 19.2 Å². The maximum atomic E-state index is 12.0. The highest BCUT2D eigenvalue weighted by molar-refractivity contribution is 6.36. The molecule has 0 aromatic heterocycles. The Morgan fingerprint density at radius 2 is 1.55 bits per heavy atom. The number of benzene rings is 1. The highest BCUT2D eigenvalue weighted by atomic mass is 16.2. The van der Waals surface area contributed by atoms with Crippen LogP contribution in [0.3, 0.4) is 0 Å². The summed E-state index contributed by atoms with van der Waals surface area (Å²) in [5.74, 6) is -1.77. The summed E-state index contributed by atoms with van der Waals surface area (Å²) in [5.41, 5.74) is 2.27. The van der Waals surface area contributed by atoms with E-state index in [0.29, 0.717) is 16.8 Å². The van der Waals surface area contributed by atoms with Crippen molar-refractivity contribution in [3.8, 4) is 0 Å². The Labute approximate surface area is 126 Å². The first-order valence-corrected chi connectivity index (χ1v) is 6.64. The smallest absolute Gasteiger partial charge is 0.259 e. The summed E-state index contributed by atoms with van der Waals surface area (Å²) in [6.07, 6.45) is 2.39.